The van der Waals surface area contributed by atoms with E-state index in [1.807, 2.05) is 6.92 Å². The molecule has 0 aromatic rings. The van der Waals surface area contributed by atoms with Crippen molar-refractivity contribution in [3.63, 3.8) is 0 Å². The number of nitriles is 1. The van der Waals surface area contributed by atoms with Crippen LogP contribution >= 0.6 is 0 Å². The van der Waals surface area contributed by atoms with Crippen LogP contribution in [0.1, 0.15) is 6.92 Å². The zero-order valence-corrected chi connectivity index (χ0v) is 7.58. The minimum Gasteiger partial charge on any atom is -0.395 e. The average molecular weight is 172 g/mol. The van der Waals surface area contributed by atoms with Crippen LogP contribution in [0.2, 0.25) is 0 Å². The van der Waals surface area contributed by atoms with Gasteiger partial charge in [-0.2, -0.15) is 5.26 Å². The summed E-state index contributed by atoms with van der Waals surface area (Å²) in [4.78, 5) is 0. The number of nitrogens with zero attached hydrogens (tertiary/aromatic N) is 1. The topological polar surface area (TPSA) is 65.3 Å². The molecule has 0 bridgehead atoms. The summed E-state index contributed by atoms with van der Waals surface area (Å²) in [7, 11) is 1.61. The van der Waals surface area contributed by atoms with Gasteiger partial charge < -0.3 is 9.84 Å². The first-order valence-electron chi connectivity index (χ1n) is 3.99. The van der Waals surface area contributed by atoms with E-state index in [0.29, 0.717) is 13.2 Å². The van der Waals surface area contributed by atoms with Gasteiger partial charge in [-0.1, -0.05) is 6.92 Å². The first kappa shape index (κ1) is 11.4. The maximum absolute atomic E-state index is 8.70. The first-order valence-corrected chi connectivity index (χ1v) is 3.99. The zero-order chi connectivity index (χ0) is 9.40. The van der Waals surface area contributed by atoms with Crippen LogP contribution in [0, 0.1) is 17.2 Å². The monoisotopic (exact) mass is 172 g/mol. The minimum atomic E-state index is -0.239. The predicted octanol–water partition coefficient (Wildman–Crippen LogP) is -0.257. The molecule has 12 heavy (non-hydrogen) atoms. The van der Waals surface area contributed by atoms with E-state index in [4.69, 9.17) is 15.1 Å². The summed E-state index contributed by atoms with van der Waals surface area (Å²) in [6.45, 7) is 2.99. The molecule has 4 heteroatoms. The van der Waals surface area contributed by atoms with Gasteiger partial charge in [0.1, 0.15) is 6.04 Å². The van der Waals surface area contributed by atoms with Crippen molar-refractivity contribution in [2.24, 2.45) is 5.92 Å². The number of methoxy groups -OCH3 is 1. The molecule has 70 valence electrons. The molecule has 0 rings (SSSR count). The van der Waals surface area contributed by atoms with Gasteiger partial charge in [0.2, 0.25) is 0 Å². The van der Waals surface area contributed by atoms with Gasteiger partial charge >= 0.3 is 0 Å². The highest BCUT2D eigenvalue weighted by atomic mass is 16.5. The van der Waals surface area contributed by atoms with Crippen LogP contribution in [-0.2, 0) is 4.74 Å². The summed E-state index contributed by atoms with van der Waals surface area (Å²) in [6.07, 6.45) is 0. The number of hydrogen-bond donors (Lipinski definition) is 2. The van der Waals surface area contributed by atoms with Gasteiger partial charge in [0, 0.05) is 19.6 Å². The smallest absolute Gasteiger partial charge is 0.100 e. The fourth-order valence-electron chi connectivity index (χ4n) is 0.953. The van der Waals surface area contributed by atoms with Crippen LogP contribution in [-0.4, -0.2) is 38.0 Å². The number of aliphatic hydroxyl groups excluding tert-OH is 1. The van der Waals surface area contributed by atoms with Gasteiger partial charge in [-0.05, 0) is 0 Å². The third kappa shape index (κ3) is 4.29. The van der Waals surface area contributed by atoms with Crippen molar-refractivity contribution in [3.8, 4) is 6.07 Å². The number of rotatable bonds is 6. The van der Waals surface area contributed by atoms with E-state index < -0.39 is 0 Å². The zero-order valence-electron chi connectivity index (χ0n) is 7.58. The van der Waals surface area contributed by atoms with Gasteiger partial charge in [-0.3, -0.25) is 5.32 Å². The largest absolute Gasteiger partial charge is 0.395 e. The Balaban J connectivity index is 3.73. The molecule has 2 N–H and O–H groups in total. The molecule has 0 aliphatic carbocycles. The van der Waals surface area contributed by atoms with E-state index in [0.717, 1.165) is 0 Å². The number of hydrogen-bond acceptors (Lipinski definition) is 4. The van der Waals surface area contributed by atoms with E-state index in [9.17, 15) is 0 Å². The van der Waals surface area contributed by atoms with E-state index in [1.54, 1.807) is 7.11 Å². The van der Waals surface area contributed by atoms with Crippen LogP contribution in [0.15, 0.2) is 0 Å². The van der Waals surface area contributed by atoms with Crippen LogP contribution < -0.4 is 5.32 Å². The normalized spacial score (nSPS) is 15.2. The second-order valence-electron chi connectivity index (χ2n) is 2.72. The fourth-order valence-corrected chi connectivity index (χ4v) is 0.953. The summed E-state index contributed by atoms with van der Waals surface area (Å²) in [5, 5.41) is 20.1. The van der Waals surface area contributed by atoms with Gasteiger partial charge in [0.05, 0.1) is 19.3 Å². The van der Waals surface area contributed by atoms with E-state index in [2.05, 4.69) is 11.4 Å². The Morgan fingerprint density at radius 3 is 2.75 bits per heavy atom. The standard InChI is InChI=1S/C8H16N2O2/c1-7(6-12-2)8(5-9)10-3-4-11/h7-8,10-11H,3-4,6H2,1-2H3. The number of nitrogens with one attached hydrogen (secondary N) is 1. The SMILES string of the molecule is COCC(C)C(C#N)NCCO. The third-order valence-electron chi connectivity index (χ3n) is 1.61. The van der Waals surface area contributed by atoms with E-state index >= 15 is 0 Å². The lowest BCUT2D eigenvalue weighted by Crippen LogP contribution is -2.37. The van der Waals surface area contributed by atoms with E-state index in [-0.39, 0.29) is 18.6 Å². The summed E-state index contributed by atoms with van der Waals surface area (Å²) >= 11 is 0. The summed E-state index contributed by atoms with van der Waals surface area (Å²) < 4.78 is 4.91. The van der Waals surface area contributed by atoms with Crippen LogP contribution in [0.5, 0.6) is 0 Å². The number of ether oxygens (including phenoxy) is 1. The lowest BCUT2D eigenvalue weighted by Gasteiger charge is -2.17. The Labute approximate surface area is 73.1 Å². The Kier molecular flexibility index (Phi) is 6.67. The Hall–Kier alpha value is -0.630. The van der Waals surface area contributed by atoms with Crippen molar-refractivity contribution in [2.45, 2.75) is 13.0 Å². The van der Waals surface area contributed by atoms with Gasteiger partial charge in [-0.15, -0.1) is 0 Å². The molecule has 2 atom stereocenters. The van der Waals surface area contributed by atoms with Crippen LogP contribution in [0.25, 0.3) is 0 Å². The van der Waals surface area contributed by atoms with Crippen molar-refractivity contribution in [1.82, 2.24) is 5.32 Å². The molecule has 0 saturated carbocycles. The highest BCUT2D eigenvalue weighted by molar-refractivity contribution is 4.93. The molecular weight excluding hydrogens is 156 g/mol. The number of aliphatic hydroxyl groups is 1. The molecule has 0 heterocycles. The molecule has 0 radical (unpaired) electrons. The summed E-state index contributed by atoms with van der Waals surface area (Å²) in [5.74, 6) is 0.145. The van der Waals surface area contributed by atoms with Crippen molar-refractivity contribution in [2.75, 3.05) is 26.9 Å². The molecule has 0 fully saturated rings. The Morgan fingerprint density at radius 2 is 2.33 bits per heavy atom. The van der Waals surface area contributed by atoms with E-state index in [1.165, 1.54) is 0 Å². The molecule has 0 aromatic heterocycles. The molecule has 0 aliphatic heterocycles. The minimum absolute atomic E-state index is 0.0535. The van der Waals surface area contributed by atoms with Crippen LogP contribution in [0.3, 0.4) is 0 Å². The lowest BCUT2D eigenvalue weighted by molar-refractivity contribution is 0.147. The third-order valence-corrected chi connectivity index (χ3v) is 1.61. The fraction of sp³-hybridized carbons (Fsp3) is 0.875. The van der Waals surface area contributed by atoms with Crippen molar-refractivity contribution < 1.29 is 9.84 Å². The summed E-state index contributed by atoms with van der Waals surface area (Å²) in [5.41, 5.74) is 0. The Morgan fingerprint density at radius 1 is 1.67 bits per heavy atom. The van der Waals surface area contributed by atoms with Crippen molar-refractivity contribution in [3.05, 3.63) is 0 Å². The second kappa shape index (κ2) is 7.04. The highest BCUT2D eigenvalue weighted by Gasteiger charge is 2.14. The van der Waals surface area contributed by atoms with Gasteiger partial charge in [0.25, 0.3) is 0 Å². The van der Waals surface area contributed by atoms with Gasteiger partial charge in [-0.25, -0.2) is 0 Å². The molecule has 0 saturated heterocycles. The molecule has 0 spiro atoms. The Bertz CT molecular complexity index is 144. The quantitative estimate of drug-likeness (QED) is 0.579. The van der Waals surface area contributed by atoms with Crippen LogP contribution in [0.4, 0.5) is 0 Å². The highest BCUT2D eigenvalue weighted by Crippen LogP contribution is 2.01. The molecule has 4 nitrogen and oxygen atoms in total. The maximum atomic E-state index is 8.70. The van der Waals surface area contributed by atoms with Crippen molar-refractivity contribution >= 4 is 0 Å². The summed E-state index contributed by atoms with van der Waals surface area (Å²) in [6, 6.07) is 1.88. The van der Waals surface area contributed by atoms with Crippen molar-refractivity contribution in [1.29, 1.82) is 5.26 Å². The maximum Gasteiger partial charge on any atom is 0.100 e. The lowest BCUT2D eigenvalue weighted by atomic mass is 10.0. The first-order chi connectivity index (χ1) is 5.76. The second-order valence-corrected chi connectivity index (χ2v) is 2.72. The predicted molar refractivity (Wildman–Crippen MR) is 45.5 cm³/mol. The van der Waals surface area contributed by atoms with Gasteiger partial charge in [0.15, 0.2) is 0 Å². The molecule has 0 aromatic carbocycles. The molecular formula is C8H16N2O2. The average Bonchev–Trinajstić information content (AvgIpc) is 2.06. The molecule has 0 amide bonds. The molecule has 2 unspecified atom stereocenters. The molecule has 0 aliphatic rings.